The molecule has 5 aliphatic rings. The second-order valence-electron chi connectivity index (χ2n) is 10.9. The Kier molecular flexibility index (Phi) is 6.36. The molecule has 0 aliphatic heterocycles. The fourth-order valence-corrected chi connectivity index (χ4v) is 7.56. The van der Waals surface area contributed by atoms with Crippen LogP contribution in [0.2, 0.25) is 0 Å². The fourth-order valence-electron chi connectivity index (χ4n) is 7.56. The Morgan fingerprint density at radius 3 is 1.73 bits per heavy atom. The Balaban J connectivity index is 1.05. The molecule has 0 aromatic carbocycles. The highest BCUT2D eigenvalue weighted by Gasteiger charge is 2.42. The van der Waals surface area contributed by atoms with Gasteiger partial charge in [-0.3, -0.25) is 9.59 Å². The second kappa shape index (κ2) is 9.18. The Morgan fingerprint density at radius 2 is 1.20 bits per heavy atom. The molecule has 0 aromatic heterocycles. The first kappa shape index (κ1) is 20.8. The maximum atomic E-state index is 12.8. The minimum absolute atomic E-state index is 0.0239. The summed E-state index contributed by atoms with van der Waals surface area (Å²) in [5, 5.41) is 0. The summed E-state index contributed by atoms with van der Waals surface area (Å²) in [7, 11) is 0. The fraction of sp³-hybridized carbons (Fsp3) is 0.920. The van der Waals surface area contributed by atoms with E-state index < -0.39 is 0 Å². The number of carbonyl (C=O) groups is 2. The molecule has 5 aliphatic carbocycles. The first-order valence-electron chi connectivity index (χ1n) is 12.6. The van der Waals surface area contributed by atoms with Gasteiger partial charge in [0.2, 0.25) is 0 Å². The largest absolute Gasteiger partial charge is 0.465 e. The Bertz CT molecular complexity index is 633. The quantitative estimate of drug-likeness (QED) is 0.324. The predicted molar refractivity (Wildman–Crippen MR) is 111 cm³/mol. The second-order valence-corrected chi connectivity index (χ2v) is 10.9. The standard InChI is InChI=1S/C25H38O5/c26-24(29-14-21-12-17-6-8-19(21)10-17)22-3-1-2-4-23(22)25(27)30-15-28-13-20-11-16-5-7-18(20)9-16/h16-23H,1-15H2. The highest BCUT2D eigenvalue weighted by Crippen LogP contribution is 2.49. The van der Waals surface area contributed by atoms with Crippen LogP contribution in [-0.2, 0) is 23.8 Å². The molecular weight excluding hydrogens is 380 g/mol. The van der Waals surface area contributed by atoms with Crippen molar-refractivity contribution in [2.24, 2.45) is 47.3 Å². The summed E-state index contributed by atoms with van der Waals surface area (Å²) in [5.74, 6) is 3.36. The van der Waals surface area contributed by atoms with Gasteiger partial charge in [0.1, 0.15) is 0 Å². The van der Waals surface area contributed by atoms with Gasteiger partial charge in [-0.25, -0.2) is 0 Å². The van der Waals surface area contributed by atoms with Crippen LogP contribution in [0, 0.1) is 47.3 Å². The van der Waals surface area contributed by atoms with Gasteiger partial charge in [-0.15, -0.1) is 0 Å². The van der Waals surface area contributed by atoms with E-state index in [1.165, 1.54) is 51.4 Å². The van der Waals surface area contributed by atoms with E-state index in [-0.39, 0.29) is 30.6 Å². The number of fused-ring (bicyclic) bond motifs is 4. The number of ether oxygens (including phenoxy) is 3. The van der Waals surface area contributed by atoms with Crippen LogP contribution in [0.5, 0.6) is 0 Å². The van der Waals surface area contributed by atoms with Gasteiger partial charge in [-0.2, -0.15) is 0 Å². The van der Waals surface area contributed by atoms with Crippen molar-refractivity contribution in [2.45, 2.75) is 77.0 Å². The van der Waals surface area contributed by atoms with Crippen molar-refractivity contribution in [2.75, 3.05) is 20.0 Å². The first-order chi connectivity index (χ1) is 14.7. The monoisotopic (exact) mass is 418 g/mol. The van der Waals surface area contributed by atoms with E-state index >= 15 is 0 Å². The van der Waals surface area contributed by atoms with Crippen molar-refractivity contribution < 1.29 is 23.8 Å². The normalized spacial score (nSPS) is 41.9. The van der Waals surface area contributed by atoms with Gasteiger partial charge < -0.3 is 14.2 Å². The highest BCUT2D eigenvalue weighted by molar-refractivity contribution is 5.82. The minimum Gasteiger partial charge on any atom is -0.465 e. The third-order valence-electron chi connectivity index (χ3n) is 9.20. The molecule has 0 N–H and O–H groups in total. The Morgan fingerprint density at radius 1 is 0.633 bits per heavy atom. The van der Waals surface area contributed by atoms with Crippen molar-refractivity contribution in [3.63, 3.8) is 0 Å². The topological polar surface area (TPSA) is 61.8 Å². The maximum Gasteiger partial charge on any atom is 0.311 e. The van der Waals surface area contributed by atoms with Crippen molar-refractivity contribution in [1.29, 1.82) is 0 Å². The first-order valence-corrected chi connectivity index (χ1v) is 12.6. The maximum absolute atomic E-state index is 12.8. The van der Waals surface area contributed by atoms with Crippen LogP contribution in [0.3, 0.4) is 0 Å². The van der Waals surface area contributed by atoms with Gasteiger partial charge in [0, 0.05) is 0 Å². The van der Waals surface area contributed by atoms with Gasteiger partial charge in [0.15, 0.2) is 6.79 Å². The van der Waals surface area contributed by atoms with Crippen LogP contribution in [0.4, 0.5) is 0 Å². The molecule has 8 atom stereocenters. The number of hydrogen-bond donors (Lipinski definition) is 0. The SMILES string of the molecule is O=C(OCOCC1CC2CCC1C2)C1CCCCC1C(=O)OCC1CC2CCC1C2. The van der Waals surface area contributed by atoms with Gasteiger partial charge in [0.05, 0.1) is 25.0 Å². The lowest BCUT2D eigenvalue weighted by Crippen LogP contribution is -2.36. The molecular formula is C25H38O5. The lowest BCUT2D eigenvalue weighted by atomic mass is 9.79. The molecule has 0 radical (unpaired) electrons. The van der Waals surface area contributed by atoms with Crippen LogP contribution in [-0.4, -0.2) is 31.9 Å². The Labute approximate surface area is 180 Å². The van der Waals surface area contributed by atoms with Crippen molar-refractivity contribution >= 4 is 11.9 Å². The van der Waals surface area contributed by atoms with Crippen LogP contribution < -0.4 is 0 Å². The summed E-state index contributed by atoms with van der Waals surface area (Å²) in [5.41, 5.74) is 0. The molecule has 168 valence electrons. The molecule has 0 aromatic rings. The molecule has 30 heavy (non-hydrogen) atoms. The third-order valence-corrected chi connectivity index (χ3v) is 9.20. The van der Waals surface area contributed by atoms with E-state index in [0.717, 1.165) is 49.4 Å². The molecule has 0 heterocycles. The van der Waals surface area contributed by atoms with Gasteiger partial charge >= 0.3 is 11.9 Å². The van der Waals surface area contributed by atoms with E-state index in [2.05, 4.69) is 0 Å². The summed E-state index contributed by atoms with van der Waals surface area (Å²) in [6, 6.07) is 0. The number of hydrogen-bond acceptors (Lipinski definition) is 5. The Hall–Kier alpha value is -1.10. The zero-order valence-electron chi connectivity index (χ0n) is 18.3. The smallest absolute Gasteiger partial charge is 0.311 e. The molecule has 5 fully saturated rings. The summed E-state index contributed by atoms with van der Waals surface area (Å²) in [6.45, 7) is 1.27. The molecule has 5 nitrogen and oxygen atoms in total. The average Bonchev–Trinajstić information content (AvgIpc) is 3.57. The van der Waals surface area contributed by atoms with Gasteiger partial charge in [-0.1, -0.05) is 25.7 Å². The lowest BCUT2D eigenvalue weighted by Gasteiger charge is -2.29. The van der Waals surface area contributed by atoms with Crippen molar-refractivity contribution in [3.05, 3.63) is 0 Å². The molecule has 0 amide bonds. The van der Waals surface area contributed by atoms with Crippen molar-refractivity contribution in [1.82, 2.24) is 0 Å². The summed E-state index contributed by atoms with van der Waals surface area (Å²) in [4.78, 5) is 25.5. The molecule has 0 spiro atoms. The summed E-state index contributed by atoms with van der Waals surface area (Å²) >= 11 is 0. The molecule has 4 bridgehead atoms. The summed E-state index contributed by atoms with van der Waals surface area (Å²) < 4.78 is 16.9. The molecule has 5 heteroatoms. The number of rotatable bonds is 8. The zero-order valence-corrected chi connectivity index (χ0v) is 18.3. The third kappa shape index (κ3) is 4.42. The van der Waals surface area contributed by atoms with E-state index in [1.807, 2.05) is 0 Å². The minimum atomic E-state index is -0.364. The summed E-state index contributed by atoms with van der Waals surface area (Å²) in [6.07, 6.45) is 14.0. The van der Waals surface area contributed by atoms with Crippen LogP contribution in [0.25, 0.3) is 0 Å². The highest BCUT2D eigenvalue weighted by atomic mass is 16.7. The van der Waals surface area contributed by atoms with Crippen molar-refractivity contribution in [3.8, 4) is 0 Å². The van der Waals surface area contributed by atoms with Gasteiger partial charge in [-0.05, 0) is 86.9 Å². The lowest BCUT2D eigenvalue weighted by molar-refractivity contribution is -0.172. The van der Waals surface area contributed by atoms with Crippen LogP contribution >= 0.6 is 0 Å². The predicted octanol–water partition coefficient (Wildman–Crippen LogP) is 4.73. The van der Waals surface area contributed by atoms with Crippen LogP contribution in [0.1, 0.15) is 77.0 Å². The molecule has 0 saturated heterocycles. The molecule has 8 unspecified atom stereocenters. The zero-order chi connectivity index (χ0) is 20.5. The van der Waals surface area contributed by atoms with E-state index in [0.29, 0.717) is 25.0 Å². The van der Waals surface area contributed by atoms with Crippen LogP contribution in [0.15, 0.2) is 0 Å². The molecule has 5 rings (SSSR count). The van der Waals surface area contributed by atoms with E-state index in [4.69, 9.17) is 14.2 Å². The van der Waals surface area contributed by atoms with Gasteiger partial charge in [0.25, 0.3) is 0 Å². The number of esters is 2. The number of carbonyl (C=O) groups excluding carboxylic acids is 2. The van der Waals surface area contributed by atoms with E-state index in [9.17, 15) is 9.59 Å². The average molecular weight is 419 g/mol. The molecule has 5 saturated carbocycles. The van der Waals surface area contributed by atoms with E-state index in [1.54, 1.807) is 0 Å².